The largest absolute Gasteiger partial charge is 0.493 e. The topological polar surface area (TPSA) is 84.9 Å². The molecule has 2 aromatic rings. The molecule has 1 amide bonds. The Labute approximate surface area is 176 Å². The molecule has 7 nitrogen and oxygen atoms in total. The number of sulfonamides is 1. The van der Waals surface area contributed by atoms with Gasteiger partial charge >= 0.3 is 0 Å². The number of rotatable bonds is 5. The number of fused-ring (bicyclic) bond motifs is 1. The summed E-state index contributed by atoms with van der Waals surface area (Å²) in [7, 11) is -1.52. The minimum Gasteiger partial charge on any atom is -0.493 e. The van der Waals surface area contributed by atoms with Crippen molar-refractivity contribution in [2.45, 2.75) is 17.4 Å². The zero-order valence-electron chi connectivity index (χ0n) is 15.1. The molecule has 1 aliphatic heterocycles. The average molecular weight is 490 g/mol. The second-order valence-electron chi connectivity index (χ2n) is 6.09. The number of hydrogen-bond acceptors (Lipinski definition) is 5. The Morgan fingerprint density at radius 1 is 1.32 bits per heavy atom. The van der Waals surface area contributed by atoms with Gasteiger partial charge in [0.15, 0.2) is 0 Å². The molecular formula is C18H18BrClN2O5S. The number of nitrogens with one attached hydrogen (secondary N) is 1. The van der Waals surface area contributed by atoms with Crippen LogP contribution in [0.3, 0.4) is 0 Å². The van der Waals surface area contributed by atoms with Crippen molar-refractivity contribution >= 4 is 43.5 Å². The maximum absolute atomic E-state index is 12.8. The van der Waals surface area contributed by atoms with Gasteiger partial charge in [-0.25, -0.2) is 8.42 Å². The number of ether oxygens (including phenoxy) is 1. The van der Waals surface area contributed by atoms with Gasteiger partial charge in [-0.1, -0.05) is 32.0 Å². The minimum atomic E-state index is -3.99. The molecule has 0 saturated heterocycles. The summed E-state index contributed by atoms with van der Waals surface area (Å²) in [4.78, 5) is 17.3. The third kappa shape index (κ3) is 4.18. The van der Waals surface area contributed by atoms with Crippen molar-refractivity contribution in [1.29, 1.82) is 0 Å². The summed E-state index contributed by atoms with van der Waals surface area (Å²) in [6, 6.07) is 9.43. The number of nitrogens with zero attached hydrogens (tertiary/aromatic N) is 1. The van der Waals surface area contributed by atoms with Crippen LogP contribution in [0.2, 0.25) is 5.02 Å². The molecule has 1 unspecified atom stereocenters. The standard InChI is InChI=1S/C18H18BrClN2O5S/c1-22(26-2)28(24,25)17-9-11(3-5-14(17)20)18(23)21-15-7-8-27-16-6-4-12(19)10-13(15)16/h3-6,9-10,15H,7-8H2,1-2H3,(H,21,23). The van der Waals surface area contributed by atoms with Crippen molar-refractivity contribution in [3.05, 3.63) is 57.0 Å². The van der Waals surface area contributed by atoms with Crippen LogP contribution >= 0.6 is 27.5 Å². The van der Waals surface area contributed by atoms with Crippen LogP contribution < -0.4 is 10.1 Å². The van der Waals surface area contributed by atoms with E-state index in [0.29, 0.717) is 23.2 Å². The summed E-state index contributed by atoms with van der Waals surface area (Å²) in [6.45, 7) is 0.471. The van der Waals surface area contributed by atoms with Crippen molar-refractivity contribution in [1.82, 2.24) is 9.79 Å². The Morgan fingerprint density at radius 3 is 2.79 bits per heavy atom. The van der Waals surface area contributed by atoms with Crippen molar-refractivity contribution in [2.24, 2.45) is 0 Å². The quantitative estimate of drug-likeness (QED) is 0.650. The Kier molecular flexibility index (Phi) is 6.31. The summed E-state index contributed by atoms with van der Waals surface area (Å²) >= 11 is 9.47. The molecule has 0 saturated carbocycles. The number of hydrogen-bond donors (Lipinski definition) is 1. The molecule has 0 spiro atoms. The lowest BCUT2D eigenvalue weighted by atomic mass is 10.00. The first-order valence-electron chi connectivity index (χ1n) is 8.29. The van der Waals surface area contributed by atoms with Crippen molar-refractivity contribution in [3.8, 4) is 5.75 Å². The molecule has 1 atom stereocenters. The Balaban J connectivity index is 1.89. The van der Waals surface area contributed by atoms with Gasteiger partial charge in [0.05, 0.1) is 24.8 Å². The molecule has 0 fully saturated rings. The fourth-order valence-corrected chi connectivity index (χ4v) is 4.69. The molecule has 0 aromatic heterocycles. The van der Waals surface area contributed by atoms with Crippen LogP contribution in [0.4, 0.5) is 0 Å². The first-order chi connectivity index (χ1) is 13.2. The van der Waals surface area contributed by atoms with Gasteiger partial charge in [0.1, 0.15) is 10.6 Å². The highest BCUT2D eigenvalue weighted by Gasteiger charge is 2.27. The Hall–Kier alpha value is -1.65. The van der Waals surface area contributed by atoms with Gasteiger partial charge in [0.25, 0.3) is 15.9 Å². The average Bonchev–Trinajstić information content (AvgIpc) is 2.67. The second kappa shape index (κ2) is 8.38. The summed E-state index contributed by atoms with van der Waals surface area (Å²) < 4.78 is 32.2. The smallest absolute Gasteiger partial charge is 0.266 e. The molecule has 0 aliphatic carbocycles. The third-order valence-electron chi connectivity index (χ3n) is 4.38. The SMILES string of the molecule is CON(C)S(=O)(=O)c1cc(C(=O)NC2CCOc3ccc(Br)cc32)ccc1Cl. The molecule has 28 heavy (non-hydrogen) atoms. The van der Waals surface area contributed by atoms with Gasteiger partial charge in [-0.05, 0) is 36.4 Å². The lowest BCUT2D eigenvalue weighted by molar-refractivity contribution is -0.0258. The zero-order valence-corrected chi connectivity index (χ0v) is 18.3. The Morgan fingerprint density at radius 2 is 2.07 bits per heavy atom. The van der Waals surface area contributed by atoms with E-state index < -0.39 is 15.9 Å². The van der Waals surface area contributed by atoms with Gasteiger partial charge in [0.2, 0.25) is 0 Å². The van der Waals surface area contributed by atoms with Crippen LogP contribution in [-0.4, -0.2) is 39.6 Å². The number of benzene rings is 2. The first kappa shape index (κ1) is 21.1. The van der Waals surface area contributed by atoms with Crippen LogP contribution in [0.15, 0.2) is 45.8 Å². The van der Waals surface area contributed by atoms with E-state index in [1.165, 1.54) is 32.4 Å². The molecule has 3 rings (SSSR count). The van der Waals surface area contributed by atoms with E-state index in [0.717, 1.165) is 10.0 Å². The van der Waals surface area contributed by atoms with Crippen molar-refractivity contribution in [2.75, 3.05) is 20.8 Å². The number of carbonyl (C=O) groups is 1. The highest BCUT2D eigenvalue weighted by atomic mass is 79.9. The molecule has 150 valence electrons. The van der Waals surface area contributed by atoms with Crippen LogP contribution in [0, 0.1) is 0 Å². The summed E-state index contributed by atoms with van der Waals surface area (Å²) in [6.07, 6.45) is 0.598. The van der Waals surface area contributed by atoms with E-state index in [9.17, 15) is 13.2 Å². The van der Waals surface area contributed by atoms with Gasteiger partial charge in [-0.2, -0.15) is 0 Å². The predicted molar refractivity (Wildman–Crippen MR) is 108 cm³/mol. The highest BCUT2D eigenvalue weighted by molar-refractivity contribution is 9.10. The Bertz CT molecular complexity index is 1020. The van der Waals surface area contributed by atoms with E-state index in [-0.39, 0.29) is 21.5 Å². The lowest BCUT2D eigenvalue weighted by Gasteiger charge is -2.27. The molecule has 1 aliphatic rings. The number of amides is 1. The first-order valence-corrected chi connectivity index (χ1v) is 10.9. The maximum atomic E-state index is 12.8. The number of halogens is 2. The van der Waals surface area contributed by atoms with E-state index in [4.69, 9.17) is 21.2 Å². The van der Waals surface area contributed by atoms with E-state index in [1.54, 1.807) is 0 Å². The van der Waals surface area contributed by atoms with Gasteiger partial charge < -0.3 is 10.1 Å². The van der Waals surface area contributed by atoms with Crippen LogP contribution in [0.1, 0.15) is 28.4 Å². The fraction of sp³-hybridized carbons (Fsp3) is 0.278. The minimum absolute atomic E-state index is 0.000734. The van der Waals surface area contributed by atoms with Crippen molar-refractivity contribution < 1.29 is 22.8 Å². The number of carbonyl (C=O) groups excluding carboxylic acids is 1. The molecule has 10 heteroatoms. The van der Waals surface area contributed by atoms with E-state index >= 15 is 0 Å². The molecule has 0 radical (unpaired) electrons. The zero-order chi connectivity index (χ0) is 20.5. The molecule has 0 bridgehead atoms. The molecular weight excluding hydrogens is 472 g/mol. The maximum Gasteiger partial charge on any atom is 0.266 e. The van der Waals surface area contributed by atoms with Crippen LogP contribution in [-0.2, 0) is 14.9 Å². The fourth-order valence-electron chi connectivity index (χ4n) is 2.84. The molecule has 1 N–H and O–H groups in total. The molecule has 2 aromatic carbocycles. The van der Waals surface area contributed by atoms with E-state index in [1.807, 2.05) is 18.2 Å². The summed E-state index contributed by atoms with van der Waals surface area (Å²) in [5.41, 5.74) is 1.03. The summed E-state index contributed by atoms with van der Waals surface area (Å²) in [5.74, 6) is 0.298. The van der Waals surface area contributed by atoms with Crippen LogP contribution in [0.5, 0.6) is 5.75 Å². The van der Waals surface area contributed by atoms with E-state index in [2.05, 4.69) is 21.2 Å². The normalized spacial score (nSPS) is 16.4. The second-order valence-corrected chi connectivity index (χ2v) is 9.31. The molecule has 1 heterocycles. The summed E-state index contributed by atoms with van der Waals surface area (Å²) in [5, 5.41) is 2.94. The monoisotopic (exact) mass is 488 g/mol. The van der Waals surface area contributed by atoms with Crippen molar-refractivity contribution in [3.63, 3.8) is 0 Å². The number of hydroxylamine groups is 1. The van der Waals surface area contributed by atoms with Gasteiger partial charge in [-0.15, -0.1) is 0 Å². The predicted octanol–water partition coefficient (Wildman–Crippen LogP) is 3.54. The van der Waals surface area contributed by atoms with Crippen LogP contribution in [0.25, 0.3) is 0 Å². The third-order valence-corrected chi connectivity index (χ3v) is 7.04. The lowest BCUT2D eigenvalue weighted by Crippen LogP contribution is -2.32. The van der Waals surface area contributed by atoms with Gasteiger partial charge in [-0.3, -0.25) is 9.63 Å². The highest BCUT2D eigenvalue weighted by Crippen LogP contribution is 2.34. The van der Waals surface area contributed by atoms with Gasteiger partial charge in [0, 0.05) is 29.1 Å².